The lowest BCUT2D eigenvalue weighted by Gasteiger charge is -2.46. The van der Waals surface area contributed by atoms with Gasteiger partial charge in [0, 0.05) is 35.2 Å². The average molecular weight is 399 g/mol. The third-order valence-corrected chi connectivity index (χ3v) is 6.98. The minimum Gasteiger partial charge on any atom is -0.477 e. The van der Waals surface area contributed by atoms with Gasteiger partial charge in [0.1, 0.15) is 5.70 Å². The fourth-order valence-corrected chi connectivity index (χ4v) is 5.68. The summed E-state index contributed by atoms with van der Waals surface area (Å²) in [6, 6.07) is -0.215. The summed E-state index contributed by atoms with van der Waals surface area (Å²) in [5, 5.41) is 25.6. The number of alkyl carbamates (subject to hydrolysis) is 1. The van der Waals surface area contributed by atoms with Gasteiger partial charge in [-0.15, -0.1) is 11.8 Å². The second-order valence-electron chi connectivity index (χ2n) is 7.23. The molecule has 2 saturated heterocycles. The Morgan fingerprint density at radius 1 is 1.48 bits per heavy atom. The number of amides is 2. The Morgan fingerprint density at radius 3 is 2.78 bits per heavy atom. The molecule has 3 aliphatic rings. The van der Waals surface area contributed by atoms with E-state index >= 15 is 0 Å². The Morgan fingerprint density at radius 2 is 2.19 bits per heavy atom. The number of fused-ring (bicyclic) bond motifs is 1. The molecule has 0 unspecified atom stereocenters. The van der Waals surface area contributed by atoms with E-state index in [0.29, 0.717) is 18.0 Å². The van der Waals surface area contributed by atoms with E-state index in [2.05, 4.69) is 15.4 Å². The molecule has 0 aromatic carbocycles. The van der Waals surface area contributed by atoms with Crippen LogP contribution in [0.25, 0.3) is 0 Å². The van der Waals surface area contributed by atoms with Crippen molar-refractivity contribution < 1.29 is 29.3 Å². The van der Waals surface area contributed by atoms with Crippen molar-refractivity contribution >= 4 is 29.7 Å². The molecule has 0 radical (unpaired) electrons. The van der Waals surface area contributed by atoms with Crippen LogP contribution in [0.3, 0.4) is 0 Å². The summed E-state index contributed by atoms with van der Waals surface area (Å²) < 4.78 is 4.56. The van der Waals surface area contributed by atoms with E-state index in [9.17, 15) is 24.6 Å². The zero-order valence-corrected chi connectivity index (χ0v) is 16.3. The third kappa shape index (κ3) is 3.53. The molecule has 0 bridgehead atoms. The molecule has 150 valence electrons. The van der Waals surface area contributed by atoms with Crippen molar-refractivity contribution in [1.82, 2.24) is 15.5 Å². The molecule has 9 nitrogen and oxygen atoms in total. The molecular weight excluding hydrogens is 374 g/mol. The van der Waals surface area contributed by atoms with Crippen LogP contribution in [0.15, 0.2) is 10.6 Å². The van der Waals surface area contributed by atoms with Gasteiger partial charge in [-0.05, 0) is 13.3 Å². The predicted molar refractivity (Wildman–Crippen MR) is 97.8 cm³/mol. The molecule has 10 heteroatoms. The molecule has 6 atom stereocenters. The first-order valence-electron chi connectivity index (χ1n) is 8.96. The quantitative estimate of drug-likeness (QED) is 0.458. The molecule has 27 heavy (non-hydrogen) atoms. The zero-order chi connectivity index (χ0) is 19.9. The maximum absolute atomic E-state index is 12.4. The zero-order valence-electron chi connectivity index (χ0n) is 15.5. The van der Waals surface area contributed by atoms with Crippen molar-refractivity contribution in [2.75, 3.05) is 20.2 Å². The van der Waals surface area contributed by atoms with Crippen LogP contribution in [0, 0.1) is 11.8 Å². The van der Waals surface area contributed by atoms with E-state index in [1.807, 2.05) is 6.92 Å². The molecular formula is C17H25N3O6S. The lowest BCUT2D eigenvalue weighted by molar-refractivity contribution is -0.163. The molecule has 2 fully saturated rings. The number of carboxylic acid groups (broad SMARTS) is 1. The molecule has 0 saturated carbocycles. The molecule has 0 aromatic heterocycles. The second kappa shape index (κ2) is 7.69. The number of rotatable bonds is 6. The van der Waals surface area contributed by atoms with Gasteiger partial charge in [0.25, 0.3) is 0 Å². The van der Waals surface area contributed by atoms with Gasteiger partial charge in [-0.25, -0.2) is 9.59 Å². The van der Waals surface area contributed by atoms with Gasteiger partial charge in [-0.3, -0.25) is 4.79 Å². The number of carboxylic acids is 1. The van der Waals surface area contributed by atoms with Crippen LogP contribution in [0.1, 0.15) is 20.3 Å². The minimum absolute atomic E-state index is 0.0514. The number of β-lactam (4-membered cyclic amide) rings is 1. The number of hydrogen-bond acceptors (Lipinski definition) is 7. The van der Waals surface area contributed by atoms with Crippen LogP contribution in [0.5, 0.6) is 0 Å². The summed E-state index contributed by atoms with van der Waals surface area (Å²) in [5.41, 5.74) is 0.0514. The molecule has 0 spiro atoms. The Bertz CT molecular complexity index is 682. The average Bonchev–Trinajstić information content (AvgIpc) is 3.14. The van der Waals surface area contributed by atoms with Gasteiger partial charge < -0.3 is 30.5 Å². The molecule has 0 aliphatic carbocycles. The molecule has 0 aromatic rings. The number of aliphatic hydroxyl groups excluding tert-OH is 1. The van der Waals surface area contributed by atoms with Gasteiger partial charge in [0.15, 0.2) is 0 Å². The van der Waals surface area contributed by atoms with Crippen molar-refractivity contribution in [3.05, 3.63) is 10.6 Å². The van der Waals surface area contributed by atoms with Gasteiger partial charge >= 0.3 is 12.1 Å². The highest BCUT2D eigenvalue weighted by Gasteiger charge is 2.60. The maximum atomic E-state index is 12.4. The Kier molecular flexibility index (Phi) is 5.68. The van der Waals surface area contributed by atoms with Crippen LogP contribution in [0.4, 0.5) is 4.79 Å². The Balaban J connectivity index is 1.68. The molecule has 4 N–H and O–H groups in total. The van der Waals surface area contributed by atoms with Gasteiger partial charge in [-0.1, -0.05) is 6.92 Å². The summed E-state index contributed by atoms with van der Waals surface area (Å²) in [6.07, 6.45) is -0.529. The summed E-state index contributed by atoms with van der Waals surface area (Å²) in [5.74, 6) is -2.12. The fourth-order valence-electron chi connectivity index (χ4n) is 4.16. The van der Waals surface area contributed by atoms with E-state index in [0.717, 1.165) is 6.42 Å². The van der Waals surface area contributed by atoms with Crippen molar-refractivity contribution in [2.45, 2.75) is 43.7 Å². The number of carbonyl (C=O) groups is 3. The minimum atomic E-state index is -1.11. The highest BCUT2D eigenvalue weighted by atomic mass is 32.2. The molecule has 3 aliphatic heterocycles. The third-order valence-electron chi connectivity index (χ3n) is 5.46. The van der Waals surface area contributed by atoms with Crippen molar-refractivity contribution in [2.24, 2.45) is 11.8 Å². The van der Waals surface area contributed by atoms with Crippen LogP contribution in [-0.4, -0.2) is 76.7 Å². The van der Waals surface area contributed by atoms with E-state index in [4.69, 9.17) is 0 Å². The summed E-state index contributed by atoms with van der Waals surface area (Å²) >= 11 is 1.48. The lowest BCUT2D eigenvalue weighted by atomic mass is 9.79. The Labute approximate surface area is 161 Å². The molecule has 3 heterocycles. The van der Waals surface area contributed by atoms with E-state index < -0.39 is 24.1 Å². The van der Waals surface area contributed by atoms with Crippen LogP contribution < -0.4 is 10.6 Å². The maximum Gasteiger partial charge on any atom is 0.406 e. The first kappa shape index (κ1) is 20.0. The van der Waals surface area contributed by atoms with Crippen molar-refractivity contribution in [3.8, 4) is 0 Å². The van der Waals surface area contributed by atoms with Crippen LogP contribution >= 0.6 is 11.8 Å². The van der Waals surface area contributed by atoms with Crippen LogP contribution in [0.2, 0.25) is 0 Å². The highest BCUT2D eigenvalue weighted by molar-refractivity contribution is 8.03. The van der Waals surface area contributed by atoms with Gasteiger partial charge in [0.05, 0.1) is 25.2 Å². The molecule has 2 amide bonds. The smallest absolute Gasteiger partial charge is 0.406 e. The largest absolute Gasteiger partial charge is 0.477 e. The van der Waals surface area contributed by atoms with Gasteiger partial charge in [0.2, 0.25) is 5.91 Å². The summed E-state index contributed by atoms with van der Waals surface area (Å²) in [6.45, 7) is 4.59. The first-order valence-corrected chi connectivity index (χ1v) is 9.84. The summed E-state index contributed by atoms with van der Waals surface area (Å²) in [4.78, 5) is 37.4. The number of aliphatic carboxylic acids is 1. The number of aliphatic hydroxyl groups is 1. The number of nitrogens with zero attached hydrogens (tertiary/aromatic N) is 1. The topological polar surface area (TPSA) is 128 Å². The van der Waals surface area contributed by atoms with Crippen molar-refractivity contribution in [3.63, 3.8) is 0 Å². The first-order chi connectivity index (χ1) is 12.8. The number of ether oxygens (including phenoxy) is 1. The number of carbonyl (C=O) groups excluding carboxylic acids is 2. The number of thioether (sulfide) groups is 1. The second-order valence-corrected chi connectivity index (χ2v) is 8.57. The molecule has 3 rings (SSSR count). The number of nitrogens with one attached hydrogen (secondary N) is 2. The summed E-state index contributed by atoms with van der Waals surface area (Å²) in [7, 11) is 1.31. The highest BCUT2D eigenvalue weighted by Crippen LogP contribution is 2.51. The van der Waals surface area contributed by atoms with Crippen molar-refractivity contribution in [1.29, 1.82) is 0 Å². The SMILES string of the molecule is COC(=O)NC[C@@H]1C[C@H](SC2=C(C(=O)O)N3C(=O)[C@H]([C@@H](C)O)[C@H]3[C@H]2C)CN1. The van der Waals surface area contributed by atoms with Crippen LogP contribution in [-0.2, 0) is 14.3 Å². The standard InChI is InChI=1S/C17H25N3O6S/c1-7-12-11(8(2)21)15(22)20(12)13(16(23)24)14(7)27-10-4-9(18-6-10)5-19-17(25)26-3/h7-12,18,21H,4-6H2,1-3H3,(H,19,25)(H,23,24)/t7-,8-,9+,10+,11-,12-/m1/s1. The lowest BCUT2D eigenvalue weighted by Crippen LogP contribution is -2.63. The normalized spacial score (nSPS) is 33.6. The Hall–Kier alpha value is -1.78. The number of hydrogen-bond donors (Lipinski definition) is 4. The fraction of sp³-hybridized carbons (Fsp3) is 0.706. The monoisotopic (exact) mass is 399 g/mol. The van der Waals surface area contributed by atoms with E-state index in [1.165, 1.54) is 23.8 Å². The number of methoxy groups -OCH3 is 1. The van der Waals surface area contributed by atoms with E-state index in [1.54, 1.807) is 6.92 Å². The van der Waals surface area contributed by atoms with E-state index in [-0.39, 0.29) is 34.9 Å². The predicted octanol–water partition coefficient (Wildman–Crippen LogP) is -0.0402. The van der Waals surface area contributed by atoms with Gasteiger partial charge in [-0.2, -0.15) is 0 Å².